The predicted octanol–water partition coefficient (Wildman–Crippen LogP) is 4.31. The number of aromatic amines is 1. The third kappa shape index (κ3) is 4.61. The van der Waals surface area contributed by atoms with Gasteiger partial charge >= 0.3 is 0 Å². The van der Waals surface area contributed by atoms with E-state index in [1.807, 2.05) is 31.2 Å². The van der Waals surface area contributed by atoms with E-state index in [1.54, 1.807) is 4.57 Å². The third-order valence-corrected chi connectivity index (χ3v) is 4.26. The lowest BCUT2D eigenvalue weighted by Gasteiger charge is -2.09. The van der Waals surface area contributed by atoms with Crippen LogP contribution in [0.5, 0.6) is 5.75 Å². The van der Waals surface area contributed by atoms with E-state index >= 15 is 0 Å². The number of anilines is 1. The summed E-state index contributed by atoms with van der Waals surface area (Å²) in [6.07, 6.45) is 0.0364. The molecule has 9 heteroatoms. The highest BCUT2D eigenvalue weighted by Gasteiger charge is 2.12. The normalized spacial score (nSPS) is 10.7. The molecule has 0 bridgehead atoms. The van der Waals surface area contributed by atoms with Crippen molar-refractivity contribution >= 4 is 23.8 Å². The van der Waals surface area contributed by atoms with Gasteiger partial charge in [0.15, 0.2) is 10.6 Å². The number of benzene rings is 2. The first-order valence-electron chi connectivity index (χ1n) is 8.61. The van der Waals surface area contributed by atoms with Gasteiger partial charge in [0.05, 0.1) is 12.3 Å². The Morgan fingerprint density at radius 1 is 1.25 bits per heavy atom. The fourth-order valence-corrected chi connectivity index (χ4v) is 2.85. The minimum Gasteiger partial charge on any atom is -0.494 e. The number of amides is 1. The van der Waals surface area contributed by atoms with Crippen molar-refractivity contribution < 1.29 is 18.3 Å². The van der Waals surface area contributed by atoms with Crippen LogP contribution in [-0.2, 0) is 11.3 Å². The zero-order valence-electron chi connectivity index (χ0n) is 15.0. The Bertz CT molecular complexity index is 1030. The molecule has 0 radical (unpaired) electrons. The molecule has 6 nitrogen and oxygen atoms in total. The molecule has 0 aliphatic rings. The number of carbonyl (C=O) groups is 1. The Morgan fingerprint density at radius 3 is 2.68 bits per heavy atom. The molecule has 1 heterocycles. The fraction of sp³-hybridized carbons (Fsp3) is 0.211. The monoisotopic (exact) mass is 404 g/mol. The lowest BCUT2D eigenvalue weighted by atomic mass is 10.2. The van der Waals surface area contributed by atoms with Crippen molar-refractivity contribution in [2.45, 2.75) is 19.9 Å². The first kappa shape index (κ1) is 19.7. The van der Waals surface area contributed by atoms with Crippen LogP contribution < -0.4 is 10.1 Å². The molecule has 28 heavy (non-hydrogen) atoms. The maximum Gasteiger partial charge on any atom is 0.226 e. The van der Waals surface area contributed by atoms with Crippen LogP contribution >= 0.6 is 12.2 Å². The molecule has 0 unspecified atom stereocenters. The Labute approximate surface area is 165 Å². The molecule has 3 aromatic rings. The number of nitrogens with zero attached hydrogens (tertiary/aromatic N) is 2. The van der Waals surface area contributed by atoms with Gasteiger partial charge in [-0.3, -0.25) is 14.5 Å². The molecule has 0 aliphatic heterocycles. The van der Waals surface area contributed by atoms with Crippen LogP contribution in [0.2, 0.25) is 0 Å². The molecule has 2 N–H and O–H groups in total. The van der Waals surface area contributed by atoms with Gasteiger partial charge in [-0.15, -0.1) is 0 Å². The zero-order chi connectivity index (χ0) is 20.1. The van der Waals surface area contributed by atoms with Gasteiger partial charge in [-0.05, 0) is 55.5 Å². The summed E-state index contributed by atoms with van der Waals surface area (Å²) >= 11 is 5.24. The van der Waals surface area contributed by atoms with Crippen molar-refractivity contribution in [1.29, 1.82) is 0 Å². The summed E-state index contributed by atoms with van der Waals surface area (Å²) in [6, 6.07) is 10.3. The molecular formula is C19H18F2N4O2S. The molecule has 1 amide bonds. The highest BCUT2D eigenvalue weighted by molar-refractivity contribution is 7.71. The first-order chi connectivity index (χ1) is 13.5. The maximum atomic E-state index is 13.7. The van der Waals surface area contributed by atoms with E-state index < -0.39 is 17.5 Å². The van der Waals surface area contributed by atoms with E-state index in [2.05, 4.69) is 15.5 Å². The minimum absolute atomic E-state index is 0.0364. The third-order valence-electron chi connectivity index (χ3n) is 3.95. The van der Waals surface area contributed by atoms with Gasteiger partial charge in [0.2, 0.25) is 5.91 Å². The first-order valence-corrected chi connectivity index (χ1v) is 9.02. The highest BCUT2D eigenvalue weighted by atomic mass is 32.1. The number of ether oxygens (including phenoxy) is 1. The summed E-state index contributed by atoms with van der Waals surface area (Å²) in [5, 5.41) is 9.36. The van der Waals surface area contributed by atoms with Gasteiger partial charge in [-0.25, -0.2) is 8.78 Å². The highest BCUT2D eigenvalue weighted by Crippen LogP contribution is 2.21. The Balaban J connectivity index is 1.70. The molecule has 0 saturated heterocycles. The molecule has 0 aliphatic carbocycles. The van der Waals surface area contributed by atoms with E-state index in [0.717, 1.165) is 17.4 Å². The van der Waals surface area contributed by atoms with Crippen LogP contribution in [0.1, 0.15) is 13.3 Å². The van der Waals surface area contributed by atoms with E-state index in [9.17, 15) is 13.6 Å². The summed E-state index contributed by atoms with van der Waals surface area (Å²) in [5.74, 6) is -0.642. The van der Waals surface area contributed by atoms with Gasteiger partial charge in [-0.1, -0.05) is 0 Å². The Morgan fingerprint density at radius 2 is 2.00 bits per heavy atom. The molecule has 0 atom stereocenters. The second kappa shape index (κ2) is 8.75. The van der Waals surface area contributed by atoms with Crippen LogP contribution in [0.25, 0.3) is 11.4 Å². The summed E-state index contributed by atoms with van der Waals surface area (Å²) in [5.41, 5.74) is 0.731. The number of hydrogen-bond donors (Lipinski definition) is 2. The van der Waals surface area contributed by atoms with Crippen molar-refractivity contribution in [3.8, 4) is 17.1 Å². The molecule has 146 valence electrons. The Kier molecular flexibility index (Phi) is 6.15. The van der Waals surface area contributed by atoms with E-state index in [-0.39, 0.29) is 18.7 Å². The predicted molar refractivity (Wildman–Crippen MR) is 104 cm³/mol. The van der Waals surface area contributed by atoms with Crippen LogP contribution in [0.15, 0.2) is 42.5 Å². The summed E-state index contributed by atoms with van der Waals surface area (Å²) in [4.78, 5) is 12.2. The van der Waals surface area contributed by atoms with Crippen LogP contribution in [-0.4, -0.2) is 27.3 Å². The molecule has 0 spiro atoms. The SMILES string of the molecule is CCOc1ccc(-c2n[nH]c(=S)n2CCC(=O)Nc2ccc(F)cc2F)cc1. The van der Waals surface area contributed by atoms with E-state index in [4.69, 9.17) is 17.0 Å². The van der Waals surface area contributed by atoms with Gasteiger partial charge < -0.3 is 10.1 Å². The van der Waals surface area contributed by atoms with Crippen molar-refractivity contribution in [3.63, 3.8) is 0 Å². The lowest BCUT2D eigenvalue weighted by Crippen LogP contribution is -2.16. The fourth-order valence-electron chi connectivity index (χ4n) is 2.63. The smallest absolute Gasteiger partial charge is 0.226 e. The molecular weight excluding hydrogens is 386 g/mol. The van der Waals surface area contributed by atoms with Crippen LogP contribution in [0.3, 0.4) is 0 Å². The minimum atomic E-state index is -0.830. The Hall–Kier alpha value is -3.07. The van der Waals surface area contributed by atoms with Crippen LogP contribution in [0, 0.1) is 16.4 Å². The number of rotatable bonds is 7. The summed E-state index contributed by atoms with van der Waals surface area (Å²) < 4.78 is 34.1. The van der Waals surface area contributed by atoms with E-state index in [0.29, 0.717) is 23.3 Å². The number of hydrogen-bond acceptors (Lipinski definition) is 4. The molecule has 1 aromatic heterocycles. The second-order valence-corrected chi connectivity index (χ2v) is 6.27. The number of carbonyl (C=O) groups excluding carboxylic acids is 1. The molecule has 2 aromatic carbocycles. The van der Waals surface area contributed by atoms with Crippen molar-refractivity contribution in [2.75, 3.05) is 11.9 Å². The number of H-pyrrole nitrogens is 1. The second-order valence-electron chi connectivity index (χ2n) is 5.88. The molecule has 3 rings (SSSR count). The lowest BCUT2D eigenvalue weighted by molar-refractivity contribution is -0.116. The van der Waals surface area contributed by atoms with Gasteiger partial charge in [0.1, 0.15) is 17.4 Å². The average Bonchev–Trinajstić information content (AvgIpc) is 3.04. The standard InChI is InChI=1S/C19H18F2N4O2S/c1-2-27-14-6-3-12(4-7-14)18-23-24-19(28)25(18)10-9-17(26)22-16-8-5-13(20)11-15(16)21/h3-8,11H,2,9-10H2,1H3,(H,22,26)(H,24,28). The van der Waals surface area contributed by atoms with E-state index in [1.165, 1.54) is 6.07 Å². The largest absolute Gasteiger partial charge is 0.494 e. The molecule has 0 fully saturated rings. The molecule has 0 saturated carbocycles. The van der Waals surface area contributed by atoms with Gasteiger partial charge in [-0.2, -0.15) is 5.10 Å². The average molecular weight is 404 g/mol. The maximum absolute atomic E-state index is 13.7. The van der Waals surface area contributed by atoms with Crippen molar-refractivity contribution in [2.24, 2.45) is 0 Å². The topological polar surface area (TPSA) is 71.9 Å². The summed E-state index contributed by atoms with van der Waals surface area (Å²) in [7, 11) is 0. The van der Waals surface area contributed by atoms with Gasteiger partial charge in [0.25, 0.3) is 0 Å². The van der Waals surface area contributed by atoms with Crippen LogP contribution in [0.4, 0.5) is 14.5 Å². The van der Waals surface area contributed by atoms with Crippen molar-refractivity contribution in [3.05, 3.63) is 58.9 Å². The summed E-state index contributed by atoms with van der Waals surface area (Å²) in [6.45, 7) is 2.72. The quantitative estimate of drug-likeness (QED) is 0.576. The zero-order valence-corrected chi connectivity index (χ0v) is 15.9. The number of halogens is 2. The number of aromatic nitrogens is 3. The number of nitrogens with one attached hydrogen (secondary N) is 2. The van der Waals surface area contributed by atoms with Gasteiger partial charge in [0, 0.05) is 24.6 Å². The van der Waals surface area contributed by atoms with Crippen molar-refractivity contribution in [1.82, 2.24) is 14.8 Å².